The van der Waals surface area contributed by atoms with E-state index in [-0.39, 0.29) is 0 Å². The molecule has 4 rings (SSSR count). The summed E-state index contributed by atoms with van der Waals surface area (Å²) in [6, 6.07) is 27.7. The van der Waals surface area contributed by atoms with Gasteiger partial charge in [0.2, 0.25) is 0 Å². The highest BCUT2D eigenvalue weighted by atomic mass is 14.6. The maximum Gasteiger partial charge on any atom is 0.0393 e. The van der Waals surface area contributed by atoms with Crippen LogP contribution in [0.25, 0.3) is 27.8 Å². The lowest BCUT2D eigenvalue weighted by Crippen LogP contribution is -2.01. The molecule has 3 aromatic rings. The molecule has 0 atom stereocenters. The Hall–Kier alpha value is -5.40. The molecule has 0 aromatic heterocycles. The molecule has 0 unspecified atom stereocenters. The van der Waals surface area contributed by atoms with Gasteiger partial charge in [-0.15, -0.1) is 0 Å². The van der Waals surface area contributed by atoms with Gasteiger partial charge in [0.1, 0.15) is 0 Å². The molecule has 0 amide bonds. The highest BCUT2D eigenvalue weighted by molar-refractivity contribution is 5.89. The fourth-order valence-corrected chi connectivity index (χ4v) is 4.56. The largest absolute Gasteiger partial charge is 0.398 e. The van der Waals surface area contributed by atoms with Crippen LogP contribution in [0.3, 0.4) is 0 Å². The van der Waals surface area contributed by atoms with Crippen molar-refractivity contribution in [2.75, 3.05) is 0 Å². The summed E-state index contributed by atoms with van der Waals surface area (Å²) in [5, 5.41) is 0. The Morgan fingerprint density at radius 2 is 1.26 bits per heavy atom. The second-order valence-corrected chi connectivity index (χ2v) is 10.0. The fraction of sp³-hybridized carbons (Fsp3) is 0.0476. The van der Waals surface area contributed by atoms with Crippen molar-refractivity contribution in [2.24, 2.45) is 5.73 Å². The number of hydrogen-bond donors (Lipinski definition) is 1. The van der Waals surface area contributed by atoms with Crippen molar-refractivity contribution in [3.63, 3.8) is 0 Å². The first kappa shape index (κ1) is 30.6. The van der Waals surface area contributed by atoms with Crippen molar-refractivity contribution in [3.05, 3.63) is 211 Å². The van der Waals surface area contributed by atoms with Crippen LogP contribution in [0.4, 0.5) is 0 Å². The van der Waals surface area contributed by atoms with Gasteiger partial charge in [-0.1, -0.05) is 182 Å². The van der Waals surface area contributed by atoms with Crippen LogP contribution >= 0.6 is 0 Å². The van der Waals surface area contributed by atoms with E-state index < -0.39 is 0 Å². The first-order valence-electron chi connectivity index (χ1n) is 14.6. The molecular weight excluding hydrogens is 518 g/mol. The third-order valence-electron chi connectivity index (χ3n) is 6.79. The number of nitrogens with two attached hydrogens (primary N) is 1. The summed E-state index contributed by atoms with van der Waals surface area (Å²) >= 11 is 0. The normalized spacial score (nSPS) is 20.1. The van der Waals surface area contributed by atoms with Gasteiger partial charge in [-0.3, -0.25) is 0 Å². The molecule has 0 aliphatic heterocycles. The summed E-state index contributed by atoms with van der Waals surface area (Å²) in [6.07, 6.45) is 36.8. The zero-order chi connectivity index (χ0) is 30.1. The zero-order valence-corrected chi connectivity index (χ0v) is 25.0. The average molecular weight is 558 g/mol. The Morgan fingerprint density at radius 1 is 0.605 bits per heavy atom. The minimum atomic E-state index is 0.676. The van der Waals surface area contributed by atoms with Gasteiger partial charge in [-0.2, -0.15) is 0 Å². The van der Waals surface area contributed by atoms with Crippen LogP contribution in [-0.4, -0.2) is 0 Å². The van der Waals surface area contributed by atoms with Gasteiger partial charge in [0.15, 0.2) is 0 Å². The lowest BCUT2D eigenvalue weighted by Gasteiger charge is -2.15. The van der Waals surface area contributed by atoms with Crippen molar-refractivity contribution in [1.82, 2.24) is 0 Å². The van der Waals surface area contributed by atoms with Crippen LogP contribution < -0.4 is 5.73 Å². The highest BCUT2D eigenvalue weighted by Crippen LogP contribution is 2.34. The van der Waals surface area contributed by atoms with E-state index in [9.17, 15) is 0 Å². The monoisotopic (exact) mass is 557 g/mol. The summed E-state index contributed by atoms with van der Waals surface area (Å²) in [7, 11) is 0. The van der Waals surface area contributed by atoms with Crippen molar-refractivity contribution >= 4 is 5.57 Å². The molecule has 0 fully saturated rings. The van der Waals surface area contributed by atoms with Gasteiger partial charge < -0.3 is 5.73 Å². The third kappa shape index (κ3) is 9.59. The van der Waals surface area contributed by atoms with Crippen LogP contribution in [0.1, 0.15) is 19.4 Å². The smallest absolute Gasteiger partial charge is 0.0393 e. The van der Waals surface area contributed by atoms with E-state index >= 15 is 0 Å². The number of rotatable bonds is 8. The Labute approximate surface area is 257 Å². The standard InChI is InChI=1S/C42H39N/c1-3-4-5-6-7-14-29-39(33-42(43)37-27-19-8-12-21-34(2)22-13-9-20-28-37)41-32-38(35-23-15-10-16-24-35)30-31-40(41)36-25-17-11-18-26-36/h3-33H,43H2,1-2H3/b4-3+,6-5-,12-8+,13-9?,14-7-,19-8?,20-9+,21-12?,22-13-,27-19-,28-20?,34-21-,34-22?,37-27?,37-28+,39-29+,42-33-. The van der Waals surface area contributed by atoms with E-state index in [1.165, 1.54) is 11.1 Å². The fourth-order valence-electron chi connectivity index (χ4n) is 4.56. The molecule has 0 heterocycles. The van der Waals surface area contributed by atoms with Crippen LogP contribution in [0.15, 0.2) is 205 Å². The van der Waals surface area contributed by atoms with Gasteiger partial charge >= 0.3 is 0 Å². The van der Waals surface area contributed by atoms with Gasteiger partial charge in [0.25, 0.3) is 0 Å². The predicted molar refractivity (Wildman–Crippen MR) is 189 cm³/mol. The van der Waals surface area contributed by atoms with E-state index in [2.05, 4.69) is 104 Å². The van der Waals surface area contributed by atoms with Crippen molar-refractivity contribution in [2.45, 2.75) is 13.8 Å². The quantitative estimate of drug-likeness (QED) is 0.274. The molecule has 43 heavy (non-hydrogen) atoms. The molecule has 0 bridgehead atoms. The lowest BCUT2D eigenvalue weighted by molar-refractivity contribution is 1.35. The highest BCUT2D eigenvalue weighted by Gasteiger charge is 2.12. The molecule has 1 heteroatoms. The molecular formula is C42H39N. The second-order valence-electron chi connectivity index (χ2n) is 10.0. The number of benzene rings is 3. The molecule has 0 saturated carbocycles. The van der Waals surface area contributed by atoms with Crippen LogP contribution in [0.5, 0.6) is 0 Å². The van der Waals surface area contributed by atoms with Crippen LogP contribution in [-0.2, 0) is 0 Å². The molecule has 0 saturated heterocycles. The SMILES string of the molecule is C\C=C\C=C/C=C\C=C(/C=C(N)/C1=C/C=C/C=C\C(C)=C/C=C/C=C\1)c1cc(-c2ccccc2)ccc1-c1ccccc1. The van der Waals surface area contributed by atoms with Gasteiger partial charge in [0, 0.05) is 5.70 Å². The summed E-state index contributed by atoms with van der Waals surface area (Å²) < 4.78 is 0. The Balaban J connectivity index is 1.87. The van der Waals surface area contributed by atoms with Crippen LogP contribution in [0.2, 0.25) is 0 Å². The summed E-state index contributed by atoms with van der Waals surface area (Å²) in [5.41, 5.74) is 16.4. The minimum Gasteiger partial charge on any atom is -0.398 e. The molecule has 212 valence electrons. The number of allylic oxidation sites excluding steroid dienone is 20. The van der Waals surface area contributed by atoms with Gasteiger partial charge in [-0.25, -0.2) is 0 Å². The van der Waals surface area contributed by atoms with E-state index in [0.29, 0.717) is 5.70 Å². The number of hydrogen-bond acceptors (Lipinski definition) is 1. The van der Waals surface area contributed by atoms with Crippen LogP contribution in [0, 0.1) is 0 Å². The minimum absolute atomic E-state index is 0.676. The molecule has 0 spiro atoms. The Morgan fingerprint density at radius 3 is 2.00 bits per heavy atom. The van der Waals surface area contributed by atoms with E-state index in [1.54, 1.807) is 0 Å². The second kappa shape index (κ2) is 16.8. The van der Waals surface area contributed by atoms with Crippen molar-refractivity contribution in [3.8, 4) is 22.3 Å². The first-order chi connectivity index (χ1) is 21.2. The average Bonchev–Trinajstić information content (AvgIpc) is 3.04. The summed E-state index contributed by atoms with van der Waals surface area (Å²) in [6.45, 7) is 4.09. The summed E-state index contributed by atoms with van der Waals surface area (Å²) in [5.74, 6) is 0. The van der Waals surface area contributed by atoms with E-state index in [0.717, 1.165) is 33.4 Å². The van der Waals surface area contributed by atoms with Gasteiger partial charge in [-0.05, 0) is 65.0 Å². The van der Waals surface area contributed by atoms with Crippen molar-refractivity contribution < 1.29 is 0 Å². The van der Waals surface area contributed by atoms with E-state index in [1.807, 2.05) is 98.0 Å². The Bertz CT molecular complexity index is 1690. The maximum absolute atomic E-state index is 6.86. The maximum atomic E-state index is 6.86. The predicted octanol–water partition coefficient (Wildman–Crippen LogP) is 11.0. The molecule has 0 radical (unpaired) electrons. The third-order valence-corrected chi connectivity index (χ3v) is 6.79. The summed E-state index contributed by atoms with van der Waals surface area (Å²) in [4.78, 5) is 0. The zero-order valence-electron chi connectivity index (χ0n) is 25.0. The van der Waals surface area contributed by atoms with E-state index in [4.69, 9.17) is 5.73 Å². The topological polar surface area (TPSA) is 26.0 Å². The Kier molecular flexibility index (Phi) is 11.9. The molecule has 1 aliphatic rings. The molecule has 1 aliphatic carbocycles. The first-order valence-corrected chi connectivity index (χ1v) is 14.6. The molecule has 1 nitrogen and oxygen atoms in total. The lowest BCUT2D eigenvalue weighted by atomic mass is 9.90. The van der Waals surface area contributed by atoms with Gasteiger partial charge in [0.05, 0.1) is 0 Å². The molecule has 2 N–H and O–H groups in total. The van der Waals surface area contributed by atoms with Crippen molar-refractivity contribution in [1.29, 1.82) is 0 Å². The molecule has 3 aromatic carbocycles.